The van der Waals surface area contributed by atoms with Crippen LogP contribution in [-0.2, 0) is 13.2 Å². The summed E-state index contributed by atoms with van der Waals surface area (Å²) >= 11 is 0. The van der Waals surface area contributed by atoms with Crippen LogP contribution in [0.5, 0.6) is 0 Å². The van der Waals surface area contributed by atoms with Gasteiger partial charge in [-0.15, -0.1) is 0 Å². The number of rotatable bonds is 6. The molecule has 4 rings (SSSR count). The van der Waals surface area contributed by atoms with Crippen molar-refractivity contribution in [2.45, 2.75) is 27.0 Å². The number of fused-ring (bicyclic) bond motifs is 1. The molecule has 0 radical (unpaired) electrons. The molecule has 2 aromatic heterocycles. The van der Waals surface area contributed by atoms with Crippen molar-refractivity contribution in [1.82, 2.24) is 20.1 Å². The van der Waals surface area contributed by atoms with Crippen molar-refractivity contribution in [3.63, 3.8) is 0 Å². The van der Waals surface area contributed by atoms with Crippen molar-refractivity contribution < 1.29 is 9.50 Å². The normalized spacial score (nSPS) is 10.4. The fraction of sp³-hybridized carbons (Fsp3) is 0.167. The van der Waals surface area contributed by atoms with Gasteiger partial charge in [-0.25, -0.2) is 9.07 Å². The van der Waals surface area contributed by atoms with Crippen molar-refractivity contribution in [2.75, 3.05) is 0 Å². The molecule has 4 aromatic rings. The molecule has 2 N–H and O–H groups in total. The first-order valence-electron chi connectivity index (χ1n) is 9.86. The van der Waals surface area contributed by atoms with E-state index in [-0.39, 0.29) is 12.4 Å². The molecule has 0 saturated carbocycles. The topological polar surface area (TPSA) is 63.0 Å². The van der Waals surface area contributed by atoms with E-state index in [9.17, 15) is 4.39 Å². The van der Waals surface area contributed by atoms with Crippen LogP contribution in [0.4, 0.5) is 4.39 Å². The van der Waals surface area contributed by atoms with Crippen LogP contribution in [0.25, 0.3) is 22.3 Å². The highest BCUT2D eigenvalue weighted by atomic mass is 19.1. The Bertz CT molecular complexity index is 1120. The van der Waals surface area contributed by atoms with E-state index < -0.39 is 0 Å². The molecule has 0 spiro atoms. The number of aromatic nitrogens is 3. The zero-order chi connectivity index (χ0) is 21.5. The molecule has 6 heteroatoms. The number of aliphatic hydroxyl groups is 1. The van der Waals surface area contributed by atoms with E-state index in [4.69, 9.17) is 5.11 Å². The summed E-state index contributed by atoms with van der Waals surface area (Å²) in [5.41, 5.74) is 5.07. The lowest BCUT2D eigenvalue weighted by Crippen LogP contribution is -2.11. The first kappa shape index (κ1) is 21.2. The maximum absolute atomic E-state index is 13.2. The molecule has 0 aliphatic heterocycles. The minimum Gasteiger partial charge on any atom is -0.390 e. The number of pyridine rings is 1. The molecule has 154 valence electrons. The number of nitrogens with one attached hydrogen (secondary N) is 1. The number of nitrogens with zero attached hydrogens (tertiary/aromatic N) is 3. The SMILES string of the molecule is C=C(NCc1ccc(CO)nc1)c1cccc2c1cnn2-c1ccc(F)cc1.CC. The highest BCUT2D eigenvalue weighted by Gasteiger charge is 2.11. The molecule has 0 bridgehead atoms. The zero-order valence-corrected chi connectivity index (χ0v) is 17.1. The van der Waals surface area contributed by atoms with Crippen LogP contribution in [0.1, 0.15) is 30.7 Å². The second-order valence-electron chi connectivity index (χ2n) is 6.42. The molecule has 5 nitrogen and oxygen atoms in total. The van der Waals surface area contributed by atoms with Crippen molar-refractivity contribution in [3.8, 4) is 5.69 Å². The van der Waals surface area contributed by atoms with E-state index >= 15 is 0 Å². The van der Waals surface area contributed by atoms with Gasteiger partial charge in [0.1, 0.15) is 5.82 Å². The molecule has 2 heterocycles. The van der Waals surface area contributed by atoms with Gasteiger partial charge in [0.05, 0.1) is 29.7 Å². The van der Waals surface area contributed by atoms with Gasteiger partial charge in [0.25, 0.3) is 0 Å². The number of benzene rings is 2. The summed E-state index contributed by atoms with van der Waals surface area (Å²) in [5, 5.41) is 17.8. The lowest BCUT2D eigenvalue weighted by Gasteiger charge is -2.11. The quantitative estimate of drug-likeness (QED) is 0.483. The Labute approximate surface area is 175 Å². The minimum absolute atomic E-state index is 0.0690. The molecule has 0 amide bonds. The zero-order valence-electron chi connectivity index (χ0n) is 17.1. The molecule has 0 aliphatic carbocycles. The average Bonchev–Trinajstić information content (AvgIpc) is 3.24. The van der Waals surface area contributed by atoms with Crippen molar-refractivity contribution in [1.29, 1.82) is 0 Å². The van der Waals surface area contributed by atoms with Gasteiger partial charge in [-0.3, -0.25) is 4.98 Å². The van der Waals surface area contributed by atoms with Crippen LogP contribution < -0.4 is 5.32 Å². The first-order chi connectivity index (χ1) is 14.7. The van der Waals surface area contributed by atoms with Gasteiger partial charge in [0, 0.05) is 29.4 Å². The highest BCUT2D eigenvalue weighted by Crippen LogP contribution is 2.25. The van der Waals surface area contributed by atoms with Crippen LogP contribution in [-0.4, -0.2) is 19.9 Å². The van der Waals surface area contributed by atoms with E-state index in [0.717, 1.165) is 33.4 Å². The third kappa shape index (κ3) is 4.55. The lowest BCUT2D eigenvalue weighted by molar-refractivity contribution is 0.277. The van der Waals surface area contributed by atoms with Crippen molar-refractivity contribution in [2.24, 2.45) is 0 Å². The minimum atomic E-state index is -0.278. The molecule has 2 aromatic carbocycles. The summed E-state index contributed by atoms with van der Waals surface area (Å²) < 4.78 is 15.0. The van der Waals surface area contributed by atoms with E-state index in [2.05, 4.69) is 22.0 Å². The summed E-state index contributed by atoms with van der Waals surface area (Å²) in [4.78, 5) is 4.18. The van der Waals surface area contributed by atoms with Crippen LogP contribution in [0.15, 0.2) is 73.6 Å². The highest BCUT2D eigenvalue weighted by molar-refractivity contribution is 5.91. The summed E-state index contributed by atoms with van der Waals surface area (Å²) in [6.45, 7) is 8.66. The van der Waals surface area contributed by atoms with E-state index in [1.54, 1.807) is 35.3 Å². The third-order valence-electron chi connectivity index (χ3n) is 4.56. The second kappa shape index (κ2) is 9.80. The van der Waals surface area contributed by atoms with Crippen molar-refractivity contribution >= 4 is 16.6 Å². The Kier molecular flexibility index (Phi) is 6.93. The van der Waals surface area contributed by atoms with E-state index in [0.29, 0.717) is 12.2 Å². The van der Waals surface area contributed by atoms with Gasteiger partial charge < -0.3 is 10.4 Å². The van der Waals surface area contributed by atoms with Gasteiger partial charge in [-0.05, 0) is 42.0 Å². The number of halogens is 1. The van der Waals surface area contributed by atoms with Gasteiger partial charge in [-0.2, -0.15) is 5.10 Å². The van der Waals surface area contributed by atoms with E-state index in [1.807, 2.05) is 38.1 Å². The fourth-order valence-corrected chi connectivity index (χ4v) is 3.06. The van der Waals surface area contributed by atoms with Crippen molar-refractivity contribution in [3.05, 3.63) is 96.2 Å². The molecular weight excluding hydrogens is 379 g/mol. The van der Waals surface area contributed by atoms with Gasteiger partial charge in [0.2, 0.25) is 0 Å². The summed E-state index contributed by atoms with van der Waals surface area (Å²) in [5.74, 6) is -0.278. The van der Waals surface area contributed by atoms with Crippen LogP contribution in [0.3, 0.4) is 0 Å². The Hall–Kier alpha value is -3.51. The van der Waals surface area contributed by atoms with Gasteiger partial charge >= 0.3 is 0 Å². The molecule has 0 aliphatic rings. The van der Waals surface area contributed by atoms with Crippen LogP contribution in [0, 0.1) is 5.82 Å². The maximum atomic E-state index is 13.2. The Morgan fingerprint density at radius 2 is 1.83 bits per heavy atom. The Morgan fingerprint density at radius 1 is 1.07 bits per heavy atom. The molecule has 0 saturated heterocycles. The van der Waals surface area contributed by atoms with Crippen LogP contribution >= 0.6 is 0 Å². The predicted octanol–water partition coefficient (Wildman–Crippen LogP) is 4.84. The smallest absolute Gasteiger partial charge is 0.123 e. The first-order valence-corrected chi connectivity index (χ1v) is 9.86. The number of hydrogen-bond acceptors (Lipinski definition) is 4. The standard InChI is InChI=1S/C22H19FN4O.C2H6/c1-15(24-11-16-5-8-18(14-28)25-12-16)20-3-2-4-22-21(20)13-26-27(22)19-9-6-17(23)7-10-19;1-2/h2-10,12-13,24,28H,1,11,14H2;1-2H3. The molecule has 0 fully saturated rings. The van der Waals surface area contributed by atoms with Gasteiger partial charge in [0.15, 0.2) is 0 Å². The van der Waals surface area contributed by atoms with Gasteiger partial charge in [-0.1, -0.05) is 38.6 Å². The molecule has 0 atom stereocenters. The monoisotopic (exact) mass is 404 g/mol. The summed E-state index contributed by atoms with van der Waals surface area (Å²) in [6, 6.07) is 15.9. The second-order valence-corrected chi connectivity index (χ2v) is 6.42. The van der Waals surface area contributed by atoms with Crippen LogP contribution in [0.2, 0.25) is 0 Å². The average molecular weight is 404 g/mol. The maximum Gasteiger partial charge on any atom is 0.123 e. The summed E-state index contributed by atoms with van der Waals surface area (Å²) in [6.07, 6.45) is 3.53. The molecular formula is C24H25FN4O. The largest absolute Gasteiger partial charge is 0.390 e. The Balaban J connectivity index is 0.00000124. The third-order valence-corrected chi connectivity index (χ3v) is 4.56. The van der Waals surface area contributed by atoms with E-state index in [1.165, 1.54) is 12.1 Å². The number of aliphatic hydroxyl groups excluding tert-OH is 1. The fourth-order valence-electron chi connectivity index (χ4n) is 3.06. The number of hydrogen-bond donors (Lipinski definition) is 2. The molecule has 30 heavy (non-hydrogen) atoms. The predicted molar refractivity (Wildman–Crippen MR) is 118 cm³/mol. The summed E-state index contributed by atoms with van der Waals surface area (Å²) in [7, 11) is 0. The lowest BCUT2D eigenvalue weighted by atomic mass is 10.1. The molecule has 0 unspecified atom stereocenters. The Morgan fingerprint density at radius 3 is 2.50 bits per heavy atom.